The number of rotatable bonds is 5. The number of para-hydroxylation sites is 1. The van der Waals surface area contributed by atoms with Crippen molar-refractivity contribution in [3.63, 3.8) is 0 Å². The number of nitrogens with two attached hydrogens (primary N) is 1. The van der Waals surface area contributed by atoms with Crippen LogP contribution < -0.4 is 16.4 Å². The molecule has 1 heterocycles. The van der Waals surface area contributed by atoms with Gasteiger partial charge >= 0.3 is 6.03 Å². The van der Waals surface area contributed by atoms with Crippen LogP contribution in [0.4, 0.5) is 10.5 Å². The molecule has 0 aliphatic carbocycles. The molecule has 0 fully saturated rings. The highest BCUT2D eigenvalue weighted by molar-refractivity contribution is 7.14. The van der Waals surface area contributed by atoms with Crippen molar-refractivity contribution in [2.75, 3.05) is 5.32 Å². The third-order valence-electron chi connectivity index (χ3n) is 3.90. The zero-order valence-corrected chi connectivity index (χ0v) is 15.0. The Bertz CT molecular complexity index is 922. The second-order valence-electron chi connectivity index (χ2n) is 5.80. The highest BCUT2D eigenvalue weighted by atomic mass is 32.1. The van der Waals surface area contributed by atoms with Gasteiger partial charge in [-0.1, -0.05) is 48.5 Å². The van der Waals surface area contributed by atoms with E-state index in [2.05, 4.69) is 10.6 Å². The summed E-state index contributed by atoms with van der Waals surface area (Å²) >= 11 is 1.28. The average Bonchev–Trinajstić information content (AvgIpc) is 3.13. The van der Waals surface area contributed by atoms with Crippen LogP contribution in [0.25, 0.3) is 11.1 Å². The molecule has 3 aromatic rings. The Morgan fingerprint density at radius 1 is 0.962 bits per heavy atom. The highest BCUT2D eigenvalue weighted by Gasteiger charge is 2.14. The average molecular weight is 365 g/mol. The molecule has 1 unspecified atom stereocenters. The maximum absolute atomic E-state index is 12.4. The molecule has 26 heavy (non-hydrogen) atoms. The third-order valence-corrected chi connectivity index (χ3v) is 5.19. The number of primary amides is 1. The zero-order chi connectivity index (χ0) is 18.5. The van der Waals surface area contributed by atoms with E-state index in [1.165, 1.54) is 11.3 Å². The fraction of sp³-hybridized carbons (Fsp3) is 0.100. The summed E-state index contributed by atoms with van der Waals surface area (Å²) in [5, 5.41) is 5.79. The number of hydrogen-bond acceptors (Lipinski definition) is 3. The number of carbonyl (C=O) groups excluding carboxylic acids is 2. The van der Waals surface area contributed by atoms with E-state index < -0.39 is 5.91 Å². The van der Waals surface area contributed by atoms with Gasteiger partial charge in [0.05, 0.1) is 16.6 Å². The Kier molecular flexibility index (Phi) is 5.34. The standard InChI is InChI=1S/C20H19N3O2S/c1-13(17-11-12-18(26-17)19(21)24)22-20(25)23-16-10-6-5-9-15(16)14-7-3-2-4-8-14/h2-13H,1H3,(H2,21,24)(H2,22,23,25). The smallest absolute Gasteiger partial charge is 0.319 e. The third kappa shape index (κ3) is 4.10. The van der Waals surface area contributed by atoms with Gasteiger partial charge in [0, 0.05) is 10.4 Å². The van der Waals surface area contributed by atoms with Gasteiger partial charge in [-0.15, -0.1) is 11.3 Å². The van der Waals surface area contributed by atoms with Crippen molar-refractivity contribution >= 4 is 29.0 Å². The van der Waals surface area contributed by atoms with Crippen LogP contribution in [0.3, 0.4) is 0 Å². The number of amides is 3. The van der Waals surface area contributed by atoms with Crippen LogP contribution in [0.15, 0.2) is 66.7 Å². The van der Waals surface area contributed by atoms with E-state index in [1.54, 1.807) is 12.1 Å². The lowest BCUT2D eigenvalue weighted by atomic mass is 10.0. The van der Waals surface area contributed by atoms with Crippen molar-refractivity contribution in [3.05, 3.63) is 76.5 Å². The maximum Gasteiger partial charge on any atom is 0.319 e. The fourth-order valence-corrected chi connectivity index (χ4v) is 3.47. The number of anilines is 1. The molecule has 0 aliphatic rings. The van der Waals surface area contributed by atoms with E-state index in [4.69, 9.17) is 5.73 Å². The molecule has 0 radical (unpaired) electrons. The largest absolute Gasteiger partial charge is 0.365 e. The minimum atomic E-state index is -0.463. The first-order chi connectivity index (χ1) is 12.5. The summed E-state index contributed by atoms with van der Waals surface area (Å²) in [6.45, 7) is 1.86. The first-order valence-corrected chi connectivity index (χ1v) is 8.98. The summed E-state index contributed by atoms with van der Waals surface area (Å²) in [5.74, 6) is -0.463. The van der Waals surface area contributed by atoms with E-state index in [-0.39, 0.29) is 12.1 Å². The van der Waals surface area contributed by atoms with Gasteiger partial charge in [0.2, 0.25) is 0 Å². The van der Waals surface area contributed by atoms with Gasteiger partial charge in [-0.2, -0.15) is 0 Å². The van der Waals surface area contributed by atoms with Gasteiger partial charge in [0.25, 0.3) is 5.91 Å². The second kappa shape index (κ2) is 7.84. The molecule has 6 heteroatoms. The van der Waals surface area contributed by atoms with E-state index >= 15 is 0 Å². The summed E-state index contributed by atoms with van der Waals surface area (Å²) in [4.78, 5) is 25.0. The van der Waals surface area contributed by atoms with Crippen molar-refractivity contribution in [1.29, 1.82) is 0 Å². The number of thiophene rings is 1. The molecule has 132 valence electrons. The quantitative estimate of drug-likeness (QED) is 0.626. The van der Waals surface area contributed by atoms with Crippen LogP contribution in [0.5, 0.6) is 0 Å². The van der Waals surface area contributed by atoms with E-state index in [1.807, 2.05) is 61.5 Å². The molecule has 0 aliphatic heterocycles. The lowest BCUT2D eigenvalue weighted by Crippen LogP contribution is -2.30. The Labute approximate surface area is 155 Å². The Balaban J connectivity index is 1.71. The Morgan fingerprint density at radius 2 is 1.65 bits per heavy atom. The number of benzene rings is 2. The predicted octanol–water partition coefficient (Wildman–Crippen LogP) is 4.40. The predicted molar refractivity (Wildman–Crippen MR) is 105 cm³/mol. The van der Waals surface area contributed by atoms with Gasteiger partial charge in [-0.25, -0.2) is 4.79 Å². The van der Waals surface area contributed by atoms with Crippen LogP contribution in [-0.2, 0) is 0 Å². The normalized spacial score (nSPS) is 11.6. The number of nitrogens with one attached hydrogen (secondary N) is 2. The highest BCUT2D eigenvalue weighted by Crippen LogP contribution is 2.28. The Morgan fingerprint density at radius 3 is 2.35 bits per heavy atom. The summed E-state index contributed by atoms with van der Waals surface area (Å²) in [6.07, 6.45) is 0. The SMILES string of the molecule is CC(NC(=O)Nc1ccccc1-c1ccccc1)c1ccc(C(N)=O)s1. The second-order valence-corrected chi connectivity index (χ2v) is 6.91. The lowest BCUT2D eigenvalue weighted by Gasteiger charge is -2.15. The van der Waals surface area contributed by atoms with Crippen LogP contribution in [0.2, 0.25) is 0 Å². The van der Waals surface area contributed by atoms with E-state index in [0.717, 1.165) is 21.7 Å². The molecule has 1 atom stereocenters. The van der Waals surface area contributed by atoms with Gasteiger partial charge in [0.1, 0.15) is 0 Å². The van der Waals surface area contributed by atoms with Gasteiger partial charge < -0.3 is 16.4 Å². The maximum atomic E-state index is 12.4. The molecule has 0 spiro atoms. The molecule has 4 N–H and O–H groups in total. The molecule has 2 aromatic carbocycles. The molecule has 0 saturated heterocycles. The van der Waals surface area contributed by atoms with Crippen molar-refractivity contribution in [2.24, 2.45) is 5.73 Å². The molecular formula is C20H19N3O2S. The molecular weight excluding hydrogens is 346 g/mol. The first kappa shape index (κ1) is 17.7. The van der Waals surface area contributed by atoms with Crippen molar-refractivity contribution in [2.45, 2.75) is 13.0 Å². The topological polar surface area (TPSA) is 84.2 Å². The van der Waals surface area contributed by atoms with Crippen LogP contribution >= 0.6 is 11.3 Å². The fourth-order valence-electron chi connectivity index (χ4n) is 2.61. The van der Waals surface area contributed by atoms with Crippen LogP contribution in [0.1, 0.15) is 27.5 Å². The number of carbonyl (C=O) groups is 2. The number of hydrogen-bond donors (Lipinski definition) is 3. The van der Waals surface area contributed by atoms with Gasteiger partial charge in [-0.3, -0.25) is 4.79 Å². The molecule has 5 nitrogen and oxygen atoms in total. The Hall–Kier alpha value is -3.12. The minimum Gasteiger partial charge on any atom is -0.365 e. The van der Waals surface area contributed by atoms with Crippen LogP contribution in [-0.4, -0.2) is 11.9 Å². The summed E-state index contributed by atoms with van der Waals surface area (Å²) < 4.78 is 0. The van der Waals surface area contributed by atoms with Crippen molar-refractivity contribution < 1.29 is 9.59 Å². The van der Waals surface area contributed by atoms with E-state index in [9.17, 15) is 9.59 Å². The van der Waals surface area contributed by atoms with Crippen LogP contribution in [0, 0.1) is 0 Å². The van der Waals surface area contributed by atoms with E-state index in [0.29, 0.717) is 4.88 Å². The monoisotopic (exact) mass is 365 g/mol. The summed E-state index contributed by atoms with van der Waals surface area (Å²) in [7, 11) is 0. The molecule has 0 saturated carbocycles. The molecule has 1 aromatic heterocycles. The summed E-state index contributed by atoms with van der Waals surface area (Å²) in [6, 6.07) is 20.4. The molecule has 3 amide bonds. The first-order valence-electron chi connectivity index (χ1n) is 8.16. The van der Waals surface area contributed by atoms with Gasteiger partial charge in [-0.05, 0) is 30.7 Å². The summed E-state index contributed by atoms with van der Waals surface area (Å²) in [5.41, 5.74) is 7.98. The minimum absolute atomic E-state index is 0.239. The zero-order valence-electron chi connectivity index (χ0n) is 14.2. The lowest BCUT2D eigenvalue weighted by molar-refractivity contribution is 0.100. The van der Waals surface area contributed by atoms with Gasteiger partial charge in [0.15, 0.2) is 0 Å². The van der Waals surface area contributed by atoms with Crippen molar-refractivity contribution in [3.8, 4) is 11.1 Å². The molecule has 0 bridgehead atoms. The molecule has 3 rings (SSSR count). The van der Waals surface area contributed by atoms with Crippen molar-refractivity contribution in [1.82, 2.24) is 5.32 Å². The number of urea groups is 1.